The number of hydrogen-bond acceptors (Lipinski definition) is 5. The Bertz CT molecular complexity index is 996. The zero-order valence-electron chi connectivity index (χ0n) is 25.0. The van der Waals surface area contributed by atoms with Gasteiger partial charge < -0.3 is 15.0 Å². The summed E-state index contributed by atoms with van der Waals surface area (Å²) in [4.78, 5) is 23.0. The third kappa shape index (κ3) is 8.12. The number of hydrogen-bond donors (Lipinski definition) is 1. The molecule has 1 aromatic carbocycles. The van der Waals surface area contributed by atoms with Crippen LogP contribution in [0.25, 0.3) is 0 Å². The molecule has 218 valence electrons. The van der Waals surface area contributed by atoms with Gasteiger partial charge in [0.05, 0.1) is 13.0 Å². The van der Waals surface area contributed by atoms with Crippen molar-refractivity contribution in [1.29, 1.82) is 0 Å². The van der Waals surface area contributed by atoms with E-state index < -0.39 is 0 Å². The van der Waals surface area contributed by atoms with Crippen LogP contribution in [0.15, 0.2) is 28.2 Å². The lowest BCUT2D eigenvalue weighted by Crippen LogP contribution is -2.42. The summed E-state index contributed by atoms with van der Waals surface area (Å²) in [6, 6.07) is 4.91. The Morgan fingerprint density at radius 3 is 2.72 bits per heavy atom. The third-order valence-corrected chi connectivity index (χ3v) is 9.46. The van der Waals surface area contributed by atoms with E-state index in [-0.39, 0.29) is 34.4 Å². The second kappa shape index (κ2) is 13.9. The molecule has 4 atom stereocenters. The van der Waals surface area contributed by atoms with Crippen molar-refractivity contribution in [2.45, 2.75) is 79.1 Å². The molecule has 6 nitrogen and oxygen atoms in total. The van der Waals surface area contributed by atoms with Crippen molar-refractivity contribution >= 4 is 18.8 Å². The van der Waals surface area contributed by atoms with Gasteiger partial charge in [-0.3, -0.25) is 14.8 Å². The van der Waals surface area contributed by atoms with Gasteiger partial charge in [-0.15, -0.1) is 0 Å². The summed E-state index contributed by atoms with van der Waals surface area (Å²) in [6.07, 6.45) is 9.74. The van der Waals surface area contributed by atoms with Crippen molar-refractivity contribution in [2.24, 2.45) is 32.1 Å². The van der Waals surface area contributed by atoms with E-state index in [1.165, 1.54) is 12.5 Å². The quantitative estimate of drug-likeness (QED) is 0.232. The minimum Gasteiger partial charge on any atom is -0.493 e. The van der Waals surface area contributed by atoms with E-state index in [9.17, 15) is 9.18 Å². The maximum Gasteiger partial charge on any atom is 0.227 e. The fraction of sp³-hybridized carbons (Fsp3) is 0.719. The number of amides is 1. The maximum absolute atomic E-state index is 14.6. The number of carbonyl (C=O) groups is 1. The highest BCUT2D eigenvalue weighted by atomic mass is 19.1. The zero-order chi connectivity index (χ0) is 28.5. The molecule has 0 spiro atoms. The number of ether oxygens (including phenoxy) is 1. The van der Waals surface area contributed by atoms with Gasteiger partial charge in [0.1, 0.15) is 11.6 Å². The molecule has 1 amide bonds. The van der Waals surface area contributed by atoms with Gasteiger partial charge in [0, 0.05) is 43.9 Å². The van der Waals surface area contributed by atoms with Crippen LogP contribution in [-0.2, 0) is 11.2 Å². The van der Waals surface area contributed by atoms with Crippen molar-refractivity contribution in [3.8, 4) is 5.75 Å². The van der Waals surface area contributed by atoms with Crippen molar-refractivity contribution in [3.63, 3.8) is 0 Å². The summed E-state index contributed by atoms with van der Waals surface area (Å²) in [5.74, 6) is 0.735. The van der Waals surface area contributed by atoms with Crippen molar-refractivity contribution in [2.75, 3.05) is 46.4 Å². The molecular formula is C32H51FN4O2. The highest BCUT2D eigenvalue weighted by Gasteiger charge is 2.63. The molecule has 7 heteroatoms. The van der Waals surface area contributed by atoms with E-state index in [1.54, 1.807) is 17.0 Å². The third-order valence-electron chi connectivity index (χ3n) is 9.46. The Morgan fingerprint density at radius 1 is 1.33 bits per heavy atom. The SMILES string of the molecule is C=NCC(C)(/C=N\CCC(CCNC)C1(C)CC1(C)CCOc1ccc(CC(=O)N2CCC2)c(F)c1)CCC. The van der Waals surface area contributed by atoms with E-state index in [0.29, 0.717) is 30.4 Å². The van der Waals surface area contributed by atoms with Gasteiger partial charge in [-0.05, 0) is 87.2 Å². The first kappa shape index (κ1) is 31.3. The average Bonchev–Trinajstić information content (AvgIpc) is 3.40. The lowest BCUT2D eigenvalue weighted by Gasteiger charge is -2.31. The van der Waals surface area contributed by atoms with E-state index in [2.05, 4.69) is 50.9 Å². The average molecular weight is 543 g/mol. The molecule has 1 heterocycles. The van der Waals surface area contributed by atoms with Gasteiger partial charge >= 0.3 is 0 Å². The van der Waals surface area contributed by atoms with Crippen LogP contribution < -0.4 is 10.1 Å². The number of halogens is 1. The Balaban J connectivity index is 1.52. The first-order chi connectivity index (χ1) is 18.6. The maximum atomic E-state index is 14.6. The molecule has 2 aliphatic rings. The molecule has 0 bridgehead atoms. The fourth-order valence-electron chi connectivity index (χ4n) is 6.40. The topological polar surface area (TPSA) is 66.3 Å². The number of aliphatic imine (C=N–C) groups is 2. The molecule has 1 saturated carbocycles. The molecule has 1 N–H and O–H groups in total. The Hall–Kier alpha value is -2.28. The van der Waals surface area contributed by atoms with Gasteiger partial charge in [-0.2, -0.15) is 0 Å². The van der Waals surface area contributed by atoms with Crippen LogP contribution in [0.5, 0.6) is 5.75 Å². The molecule has 39 heavy (non-hydrogen) atoms. The molecule has 1 aliphatic heterocycles. The normalized spacial score (nSPS) is 24.7. The lowest BCUT2D eigenvalue weighted by molar-refractivity contribution is -0.133. The molecule has 0 aromatic heterocycles. The highest BCUT2D eigenvalue weighted by Crippen LogP contribution is 2.70. The van der Waals surface area contributed by atoms with E-state index >= 15 is 0 Å². The van der Waals surface area contributed by atoms with Gasteiger partial charge in [-0.1, -0.05) is 40.2 Å². The van der Waals surface area contributed by atoms with Crippen LogP contribution in [0.3, 0.4) is 0 Å². The van der Waals surface area contributed by atoms with Crippen LogP contribution in [0, 0.1) is 28.0 Å². The van der Waals surface area contributed by atoms with Gasteiger partial charge in [0.25, 0.3) is 0 Å². The standard InChI is InChI=1S/C32H51FN4O2/c1-7-13-30(2,23-35-6)24-36-16-12-26(11-15-34-5)32(4)22-31(32,3)14-19-39-27-10-9-25(28(33)21-27)20-29(38)37-17-8-18-37/h9-10,21,24,26,34H,6-8,11-20,22-23H2,1-5H3/b36-24-. The van der Waals surface area contributed by atoms with Crippen molar-refractivity contribution in [1.82, 2.24) is 10.2 Å². The molecular weight excluding hydrogens is 491 g/mol. The van der Waals surface area contributed by atoms with Gasteiger partial charge in [0.15, 0.2) is 0 Å². The second-order valence-corrected chi connectivity index (χ2v) is 12.6. The highest BCUT2D eigenvalue weighted by molar-refractivity contribution is 5.79. The van der Waals surface area contributed by atoms with E-state index in [0.717, 1.165) is 64.7 Å². The summed E-state index contributed by atoms with van der Waals surface area (Å²) in [6.45, 7) is 17.6. The first-order valence-corrected chi connectivity index (χ1v) is 14.9. The minimum atomic E-state index is -0.365. The number of likely N-dealkylation sites (tertiary alicyclic amines) is 1. The number of benzene rings is 1. The summed E-state index contributed by atoms with van der Waals surface area (Å²) >= 11 is 0. The number of carbonyl (C=O) groups excluding carboxylic acids is 1. The number of nitrogens with one attached hydrogen (secondary N) is 1. The zero-order valence-corrected chi connectivity index (χ0v) is 25.0. The minimum absolute atomic E-state index is 0.00275. The smallest absolute Gasteiger partial charge is 0.227 e. The molecule has 2 fully saturated rings. The van der Waals surface area contributed by atoms with Crippen LogP contribution in [0.2, 0.25) is 0 Å². The van der Waals surface area contributed by atoms with Gasteiger partial charge in [0.2, 0.25) is 5.91 Å². The number of rotatable bonds is 18. The van der Waals surface area contributed by atoms with Crippen LogP contribution in [0.4, 0.5) is 4.39 Å². The summed E-state index contributed by atoms with van der Waals surface area (Å²) in [7, 11) is 2.02. The van der Waals surface area contributed by atoms with Crippen molar-refractivity contribution < 1.29 is 13.9 Å². The van der Waals surface area contributed by atoms with Crippen LogP contribution in [-0.4, -0.2) is 70.1 Å². The van der Waals surface area contributed by atoms with Gasteiger partial charge in [-0.25, -0.2) is 4.39 Å². The van der Waals surface area contributed by atoms with E-state index in [1.807, 2.05) is 7.05 Å². The second-order valence-electron chi connectivity index (χ2n) is 12.6. The molecule has 1 aliphatic carbocycles. The predicted octanol–water partition coefficient (Wildman–Crippen LogP) is 5.98. The summed E-state index contributed by atoms with van der Waals surface area (Å²) in [5.41, 5.74) is 0.867. The monoisotopic (exact) mass is 542 g/mol. The first-order valence-electron chi connectivity index (χ1n) is 14.9. The largest absolute Gasteiger partial charge is 0.493 e. The Kier molecular flexibility index (Phi) is 11.1. The van der Waals surface area contributed by atoms with E-state index in [4.69, 9.17) is 9.73 Å². The molecule has 4 unspecified atom stereocenters. The molecule has 1 saturated heterocycles. The lowest BCUT2D eigenvalue weighted by atomic mass is 9.78. The summed E-state index contributed by atoms with van der Waals surface area (Å²) in [5, 5.41) is 3.33. The number of nitrogens with zero attached hydrogens (tertiary/aromatic N) is 3. The molecule has 1 aromatic rings. The van der Waals surface area contributed by atoms with Crippen LogP contribution in [0.1, 0.15) is 78.2 Å². The molecule has 0 radical (unpaired) electrons. The van der Waals surface area contributed by atoms with Crippen molar-refractivity contribution in [3.05, 3.63) is 29.6 Å². The fourth-order valence-corrected chi connectivity index (χ4v) is 6.40. The van der Waals surface area contributed by atoms with Crippen LogP contribution >= 0.6 is 0 Å². The molecule has 3 rings (SSSR count). The predicted molar refractivity (Wildman–Crippen MR) is 160 cm³/mol. The Morgan fingerprint density at radius 2 is 2.10 bits per heavy atom. The summed E-state index contributed by atoms with van der Waals surface area (Å²) < 4.78 is 20.6. The Labute approximate surface area is 235 Å².